The molecule has 0 amide bonds. The third kappa shape index (κ3) is 3.21. The molecule has 0 saturated carbocycles. The van der Waals surface area contributed by atoms with Gasteiger partial charge < -0.3 is 9.47 Å². The number of para-hydroxylation sites is 2. The molecular formula is C15H19N3O3. The second-order valence-corrected chi connectivity index (χ2v) is 4.23. The number of aromatic nitrogens is 2. The number of carbonyl (C=O) groups excluding carboxylic acids is 1. The van der Waals surface area contributed by atoms with E-state index in [9.17, 15) is 4.79 Å². The number of benzene rings is 1. The summed E-state index contributed by atoms with van der Waals surface area (Å²) in [6.45, 7) is 6.40. The van der Waals surface area contributed by atoms with Crippen molar-refractivity contribution >= 4 is 29.0 Å². The van der Waals surface area contributed by atoms with Crippen molar-refractivity contribution in [3.8, 4) is 0 Å². The molecule has 2 aromatic rings. The van der Waals surface area contributed by atoms with E-state index >= 15 is 0 Å². The van der Waals surface area contributed by atoms with Crippen molar-refractivity contribution in [3.63, 3.8) is 0 Å². The molecule has 6 heteroatoms. The van der Waals surface area contributed by atoms with Crippen LogP contribution in [0.25, 0.3) is 11.0 Å². The van der Waals surface area contributed by atoms with Crippen molar-refractivity contribution in [2.75, 3.05) is 13.2 Å². The fourth-order valence-electron chi connectivity index (χ4n) is 1.95. The van der Waals surface area contributed by atoms with Gasteiger partial charge in [-0.25, -0.2) is 14.3 Å². The first-order valence-electron chi connectivity index (χ1n) is 7.06. The lowest BCUT2D eigenvalue weighted by Gasteiger charge is -2.07. The molecule has 2 rings (SSSR count). The molecule has 0 unspecified atom stereocenters. The number of rotatable bonds is 4. The van der Waals surface area contributed by atoms with Crippen molar-refractivity contribution in [1.82, 2.24) is 9.55 Å². The summed E-state index contributed by atoms with van der Waals surface area (Å²) in [5.41, 5.74) is 1.36. The van der Waals surface area contributed by atoms with E-state index in [2.05, 4.69) is 9.98 Å². The summed E-state index contributed by atoms with van der Waals surface area (Å²) in [5, 5.41) is 0. The van der Waals surface area contributed by atoms with E-state index < -0.39 is 6.09 Å². The van der Waals surface area contributed by atoms with Crippen LogP contribution >= 0.6 is 0 Å². The SMILES string of the molecule is CCOC(=O)n1c(/N=C(/CC)OCC)nc2ccccc21. The zero-order chi connectivity index (χ0) is 15.2. The maximum absolute atomic E-state index is 12.2. The van der Waals surface area contributed by atoms with Gasteiger partial charge in [0.15, 0.2) is 5.90 Å². The predicted octanol–water partition coefficient (Wildman–Crippen LogP) is 3.52. The summed E-state index contributed by atoms with van der Waals surface area (Å²) in [6, 6.07) is 7.35. The Morgan fingerprint density at radius 3 is 2.57 bits per heavy atom. The minimum Gasteiger partial charge on any atom is -0.481 e. The summed E-state index contributed by atoms with van der Waals surface area (Å²) in [5.74, 6) is 0.818. The number of hydrogen-bond donors (Lipinski definition) is 0. The molecule has 0 bridgehead atoms. The first kappa shape index (κ1) is 15.0. The highest BCUT2D eigenvalue weighted by atomic mass is 16.5. The van der Waals surface area contributed by atoms with Crippen molar-refractivity contribution in [1.29, 1.82) is 0 Å². The Kier molecular flexibility index (Phi) is 4.92. The van der Waals surface area contributed by atoms with Crippen LogP contribution in [0, 0.1) is 0 Å². The molecule has 0 spiro atoms. The van der Waals surface area contributed by atoms with Crippen LogP contribution < -0.4 is 0 Å². The lowest BCUT2D eigenvalue weighted by molar-refractivity contribution is 0.155. The van der Waals surface area contributed by atoms with Crippen molar-refractivity contribution in [2.24, 2.45) is 4.99 Å². The van der Waals surface area contributed by atoms with Gasteiger partial charge in [-0.15, -0.1) is 0 Å². The number of nitrogens with zero attached hydrogens (tertiary/aromatic N) is 3. The Balaban J connectivity index is 2.56. The van der Waals surface area contributed by atoms with Gasteiger partial charge in [-0.1, -0.05) is 19.1 Å². The molecule has 0 aliphatic heterocycles. The second kappa shape index (κ2) is 6.88. The molecule has 0 radical (unpaired) electrons. The molecule has 0 saturated heterocycles. The van der Waals surface area contributed by atoms with Gasteiger partial charge in [0.1, 0.15) is 0 Å². The normalized spacial score (nSPS) is 11.7. The van der Waals surface area contributed by atoms with Crippen LogP contribution in [0.15, 0.2) is 29.3 Å². The molecule has 1 heterocycles. The molecule has 0 atom stereocenters. The molecule has 0 aliphatic rings. The van der Waals surface area contributed by atoms with E-state index in [4.69, 9.17) is 9.47 Å². The quantitative estimate of drug-likeness (QED) is 0.638. The van der Waals surface area contributed by atoms with Crippen LogP contribution in [-0.4, -0.2) is 34.8 Å². The van der Waals surface area contributed by atoms with Gasteiger partial charge in [0.25, 0.3) is 0 Å². The number of ether oxygens (including phenoxy) is 2. The molecule has 0 fully saturated rings. The standard InChI is InChI=1S/C15H19N3O3/c1-4-13(20-5-2)17-14-16-11-9-7-8-10-12(11)18(14)15(19)21-6-3/h7-10H,4-6H2,1-3H3/b17-13-. The van der Waals surface area contributed by atoms with E-state index in [0.29, 0.717) is 36.6 Å². The van der Waals surface area contributed by atoms with Crippen molar-refractivity contribution in [2.45, 2.75) is 27.2 Å². The topological polar surface area (TPSA) is 65.7 Å². The van der Waals surface area contributed by atoms with Crippen LogP contribution in [-0.2, 0) is 9.47 Å². The fraction of sp³-hybridized carbons (Fsp3) is 0.400. The van der Waals surface area contributed by atoms with Crippen molar-refractivity contribution < 1.29 is 14.3 Å². The van der Waals surface area contributed by atoms with Crippen LogP contribution in [0.1, 0.15) is 27.2 Å². The number of imidazole rings is 1. The third-order valence-electron chi connectivity index (χ3n) is 2.83. The van der Waals surface area contributed by atoms with Crippen LogP contribution in [0.3, 0.4) is 0 Å². The zero-order valence-electron chi connectivity index (χ0n) is 12.5. The van der Waals surface area contributed by atoms with Gasteiger partial charge in [0.2, 0.25) is 5.95 Å². The van der Waals surface area contributed by atoms with E-state index in [-0.39, 0.29) is 5.95 Å². The van der Waals surface area contributed by atoms with Gasteiger partial charge in [-0.2, -0.15) is 4.99 Å². The van der Waals surface area contributed by atoms with E-state index in [0.717, 1.165) is 0 Å². The lowest BCUT2D eigenvalue weighted by Crippen LogP contribution is -2.13. The van der Waals surface area contributed by atoms with Gasteiger partial charge in [0, 0.05) is 6.42 Å². The second-order valence-electron chi connectivity index (χ2n) is 4.23. The van der Waals surface area contributed by atoms with Gasteiger partial charge in [0.05, 0.1) is 24.2 Å². The van der Waals surface area contributed by atoms with Gasteiger partial charge in [-0.3, -0.25) is 0 Å². The van der Waals surface area contributed by atoms with E-state index in [1.54, 1.807) is 6.92 Å². The number of fused-ring (bicyclic) bond motifs is 1. The maximum Gasteiger partial charge on any atom is 0.421 e. The number of hydrogen-bond acceptors (Lipinski definition) is 5. The fourth-order valence-corrected chi connectivity index (χ4v) is 1.95. The monoisotopic (exact) mass is 289 g/mol. The molecule has 112 valence electrons. The highest BCUT2D eigenvalue weighted by Gasteiger charge is 2.17. The van der Waals surface area contributed by atoms with Gasteiger partial charge >= 0.3 is 6.09 Å². The maximum atomic E-state index is 12.2. The zero-order valence-corrected chi connectivity index (χ0v) is 12.5. The Labute approximate surface area is 123 Å². The first-order valence-corrected chi connectivity index (χ1v) is 7.06. The van der Waals surface area contributed by atoms with Crippen molar-refractivity contribution in [3.05, 3.63) is 24.3 Å². The van der Waals surface area contributed by atoms with Crippen LogP contribution in [0.5, 0.6) is 0 Å². The van der Waals surface area contributed by atoms with Crippen LogP contribution in [0.2, 0.25) is 0 Å². The average Bonchev–Trinajstić information content (AvgIpc) is 2.84. The molecule has 6 nitrogen and oxygen atoms in total. The molecule has 1 aromatic carbocycles. The third-order valence-corrected chi connectivity index (χ3v) is 2.83. The minimum atomic E-state index is -0.489. The molecule has 0 aliphatic carbocycles. The number of aliphatic imine (C=N–C) groups is 1. The Hall–Kier alpha value is -2.37. The molecule has 1 aromatic heterocycles. The smallest absolute Gasteiger partial charge is 0.421 e. The predicted molar refractivity (Wildman–Crippen MR) is 81.2 cm³/mol. The summed E-state index contributed by atoms with van der Waals surface area (Å²) in [4.78, 5) is 20.9. The summed E-state index contributed by atoms with van der Waals surface area (Å²) in [7, 11) is 0. The largest absolute Gasteiger partial charge is 0.481 e. The van der Waals surface area contributed by atoms with E-state index in [1.165, 1.54) is 4.57 Å². The molecular weight excluding hydrogens is 270 g/mol. The summed E-state index contributed by atoms with van der Waals surface area (Å²) >= 11 is 0. The Morgan fingerprint density at radius 2 is 1.90 bits per heavy atom. The highest BCUT2D eigenvalue weighted by molar-refractivity contribution is 5.91. The number of carbonyl (C=O) groups is 1. The highest BCUT2D eigenvalue weighted by Crippen LogP contribution is 2.22. The lowest BCUT2D eigenvalue weighted by atomic mass is 10.3. The minimum absolute atomic E-state index is 0.278. The summed E-state index contributed by atoms with van der Waals surface area (Å²) < 4.78 is 11.9. The van der Waals surface area contributed by atoms with Gasteiger partial charge in [-0.05, 0) is 26.0 Å². The molecule has 21 heavy (non-hydrogen) atoms. The average molecular weight is 289 g/mol. The Bertz CT molecular complexity index is 661. The molecule has 0 N–H and O–H groups in total. The first-order chi connectivity index (χ1) is 10.2. The van der Waals surface area contributed by atoms with E-state index in [1.807, 2.05) is 38.1 Å². The Morgan fingerprint density at radius 1 is 1.19 bits per heavy atom. The summed E-state index contributed by atoms with van der Waals surface area (Å²) in [6.07, 6.45) is 0.136. The van der Waals surface area contributed by atoms with Crippen LogP contribution in [0.4, 0.5) is 10.7 Å².